The van der Waals surface area contributed by atoms with E-state index in [9.17, 15) is 9.90 Å². The van der Waals surface area contributed by atoms with Gasteiger partial charge in [-0.15, -0.1) is 0 Å². The Hall–Kier alpha value is -2.14. The lowest BCUT2D eigenvalue weighted by Crippen LogP contribution is -2.46. The number of rotatable bonds is 2. The average Bonchev–Trinajstić information content (AvgIpc) is 3.20. The Balaban J connectivity index is 1.71. The number of piperidine rings is 1. The molecule has 0 bridgehead atoms. The normalized spacial score (nSPS) is 22.9. The highest BCUT2D eigenvalue weighted by Crippen LogP contribution is 2.30. The number of benzene rings is 1. The minimum atomic E-state index is -0.441. The Morgan fingerprint density at radius 1 is 1.28 bits per heavy atom. The Kier molecular flexibility index (Phi) is 4.12. The minimum Gasteiger partial charge on any atom is -0.391 e. The van der Waals surface area contributed by atoms with E-state index >= 15 is 0 Å². The molecule has 1 N–H and O–H groups in total. The Morgan fingerprint density at radius 3 is 2.84 bits per heavy atom. The van der Waals surface area contributed by atoms with Crippen molar-refractivity contribution in [2.24, 2.45) is 5.92 Å². The number of aromatic nitrogens is 2. The van der Waals surface area contributed by atoms with Crippen LogP contribution in [0.5, 0.6) is 0 Å². The van der Waals surface area contributed by atoms with Gasteiger partial charge in [-0.3, -0.25) is 4.79 Å². The Labute approximate surface area is 148 Å². The highest BCUT2D eigenvalue weighted by molar-refractivity contribution is 5.94. The smallest absolute Gasteiger partial charge is 0.274 e. The summed E-state index contributed by atoms with van der Waals surface area (Å²) in [6.07, 6.45) is 3.34. The maximum atomic E-state index is 13.1. The third-order valence-corrected chi connectivity index (χ3v) is 5.68. The first-order chi connectivity index (χ1) is 12.1. The molecule has 25 heavy (non-hydrogen) atoms. The zero-order chi connectivity index (χ0) is 17.6. The fourth-order valence-electron chi connectivity index (χ4n) is 3.99. The van der Waals surface area contributed by atoms with Crippen LogP contribution in [0, 0.1) is 12.8 Å². The van der Waals surface area contributed by atoms with E-state index in [1.165, 1.54) is 5.69 Å². The van der Waals surface area contributed by atoms with Crippen molar-refractivity contribution in [2.75, 3.05) is 13.1 Å². The standard InChI is InChI=1S/C20H25N3O2/c1-13-6-3-4-8-16(13)23-17-9-5-7-15(17)19(21-23)20(25)22-11-10-14(2)18(24)12-22/h3-4,6,8,14,18,24H,5,7,9-12H2,1-2H3/t14-,18-/m1/s1. The molecule has 2 aliphatic rings. The van der Waals surface area contributed by atoms with Crippen molar-refractivity contribution in [1.29, 1.82) is 0 Å². The number of carbonyl (C=O) groups is 1. The summed E-state index contributed by atoms with van der Waals surface area (Å²) in [5.41, 5.74) is 5.05. The summed E-state index contributed by atoms with van der Waals surface area (Å²) >= 11 is 0. The minimum absolute atomic E-state index is 0.0311. The first-order valence-electron chi connectivity index (χ1n) is 9.20. The predicted molar refractivity (Wildman–Crippen MR) is 96.0 cm³/mol. The molecule has 1 amide bonds. The van der Waals surface area contributed by atoms with E-state index in [1.807, 2.05) is 23.7 Å². The number of nitrogens with zero attached hydrogens (tertiary/aromatic N) is 3. The number of carbonyl (C=O) groups excluding carboxylic acids is 1. The van der Waals surface area contributed by atoms with Crippen LogP contribution in [-0.2, 0) is 12.8 Å². The zero-order valence-corrected chi connectivity index (χ0v) is 14.9. The van der Waals surface area contributed by atoms with Gasteiger partial charge >= 0.3 is 0 Å². The van der Waals surface area contributed by atoms with Crippen LogP contribution in [0.2, 0.25) is 0 Å². The molecule has 1 aliphatic carbocycles. The van der Waals surface area contributed by atoms with Crippen LogP contribution in [0.4, 0.5) is 0 Å². The lowest BCUT2D eigenvalue weighted by atomic mass is 9.95. The van der Waals surface area contributed by atoms with Crippen LogP contribution in [0.1, 0.15) is 47.1 Å². The SMILES string of the molecule is Cc1ccccc1-n1nc(C(=O)N2CC[C@@H](C)[C@H](O)C2)c2c1CCC2. The van der Waals surface area contributed by atoms with Crippen molar-refractivity contribution in [1.82, 2.24) is 14.7 Å². The summed E-state index contributed by atoms with van der Waals surface area (Å²) in [6.45, 7) is 5.22. The summed E-state index contributed by atoms with van der Waals surface area (Å²) in [5.74, 6) is 0.218. The van der Waals surface area contributed by atoms with Gasteiger partial charge in [0.2, 0.25) is 0 Å². The molecule has 4 rings (SSSR count). The van der Waals surface area contributed by atoms with Gasteiger partial charge in [-0.05, 0) is 50.2 Å². The average molecular weight is 339 g/mol. The topological polar surface area (TPSA) is 58.4 Å². The van der Waals surface area contributed by atoms with Crippen molar-refractivity contribution in [3.8, 4) is 5.69 Å². The number of amides is 1. The van der Waals surface area contributed by atoms with Crippen LogP contribution < -0.4 is 0 Å². The largest absolute Gasteiger partial charge is 0.391 e. The van der Waals surface area contributed by atoms with Gasteiger partial charge in [0.25, 0.3) is 5.91 Å². The highest BCUT2D eigenvalue weighted by atomic mass is 16.3. The Morgan fingerprint density at radius 2 is 2.08 bits per heavy atom. The molecule has 2 heterocycles. The summed E-state index contributed by atoms with van der Waals surface area (Å²) in [6, 6.07) is 8.16. The van der Waals surface area contributed by atoms with Gasteiger partial charge in [0.05, 0.1) is 11.8 Å². The van der Waals surface area contributed by atoms with E-state index in [-0.39, 0.29) is 11.8 Å². The third kappa shape index (κ3) is 2.76. The number of likely N-dealkylation sites (tertiary alicyclic amines) is 1. The van der Waals surface area contributed by atoms with Gasteiger partial charge in [-0.25, -0.2) is 4.68 Å². The molecule has 1 aromatic heterocycles. The number of aliphatic hydroxyl groups excluding tert-OH is 1. The van der Waals surface area contributed by atoms with E-state index < -0.39 is 6.10 Å². The number of β-amino-alcohol motifs (C(OH)–C–C–N with tert-alkyl or cyclic N) is 1. The molecule has 0 saturated carbocycles. The second kappa shape index (κ2) is 6.30. The van der Waals surface area contributed by atoms with Crippen LogP contribution >= 0.6 is 0 Å². The maximum Gasteiger partial charge on any atom is 0.274 e. The highest BCUT2D eigenvalue weighted by Gasteiger charge is 2.33. The van der Waals surface area contributed by atoms with Gasteiger partial charge < -0.3 is 10.0 Å². The van der Waals surface area contributed by atoms with Crippen molar-refractivity contribution >= 4 is 5.91 Å². The van der Waals surface area contributed by atoms with Crippen molar-refractivity contribution in [3.63, 3.8) is 0 Å². The molecular formula is C20H25N3O2. The van der Waals surface area contributed by atoms with Gasteiger partial charge in [0, 0.05) is 24.3 Å². The van der Waals surface area contributed by atoms with Gasteiger partial charge in [-0.1, -0.05) is 25.1 Å². The molecule has 2 atom stereocenters. The maximum absolute atomic E-state index is 13.1. The molecule has 1 fully saturated rings. The quantitative estimate of drug-likeness (QED) is 0.915. The predicted octanol–water partition coefficient (Wildman–Crippen LogP) is 2.51. The fraction of sp³-hybridized carbons (Fsp3) is 0.500. The van der Waals surface area contributed by atoms with Crippen LogP contribution in [0.25, 0.3) is 5.69 Å². The number of para-hydroxylation sites is 1. The number of fused-ring (bicyclic) bond motifs is 1. The molecule has 5 heteroatoms. The molecular weight excluding hydrogens is 314 g/mol. The zero-order valence-electron chi connectivity index (χ0n) is 14.9. The number of hydrogen-bond acceptors (Lipinski definition) is 3. The lowest BCUT2D eigenvalue weighted by Gasteiger charge is -2.34. The monoisotopic (exact) mass is 339 g/mol. The molecule has 0 spiro atoms. The molecule has 2 aromatic rings. The van der Waals surface area contributed by atoms with Gasteiger partial charge in [0.1, 0.15) is 0 Å². The molecule has 1 saturated heterocycles. The number of aliphatic hydroxyl groups is 1. The van der Waals surface area contributed by atoms with E-state index in [1.54, 1.807) is 4.90 Å². The fourth-order valence-corrected chi connectivity index (χ4v) is 3.99. The second-order valence-corrected chi connectivity index (χ2v) is 7.41. The van der Waals surface area contributed by atoms with E-state index in [4.69, 9.17) is 5.10 Å². The second-order valence-electron chi connectivity index (χ2n) is 7.41. The summed E-state index contributed by atoms with van der Waals surface area (Å²) < 4.78 is 1.97. The molecule has 0 unspecified atom stereocenters. The molecule has 132 valence electrons. The first-order valence-corrected chi connectivity index (χ1v) is 9.20. The van der Waals surface area contributed by atoms with Gasteiger partial charge in [-0.2, -0.15) is 5.10 Å². The summed E-state index contributed by atoms with van der Waals surface area (Å²) in [4.78, 5) is 14.9. The van der Waals surface area contributed by atoms with E-state index in [2.05, 4.69) is 19.1 Å². The van der Waals surface area contributed by atoms with Crippen molar-refractivity contribution in [2.45, 2.75) is 45.6 Å². The molecule has 0 radical (unpaired) electrons. The summed E-state index contributed by atoms with van der Waals surface area (Å²) in [7, 11) is 0. The van der Waals surface area contributed by atoms with Crippen LogP contribution in [0.15, 0.2) is 24.3 Å². The van der Waals surface area contributed by atoms with Crippen LogP contribution in [0.3, 0.4) is 0 Å². The van der Waals surface area contributed by atoms with Crippen LogP contribution in [-0.4, -0.2) is 44.9 Å². The number of aryl methyl sites for hydroxylation is 1. The van der Waals surface area contributed by atoms with Gasteiger partial charge in [0.15, 0.2) is 5.69 Å². The number of hydrogen-bond donors (Lipinski definition) is 1. The van der Waals surface area contributed by atoms with E-state index in [0.29, 0.717) is 18.8 Å². The molecule has 1 aliphatic heterocycles. The molecule has 1 aromatic carbocycles. The van der Waals surface area contributed by atoms with Crippen molar-refractivity contribution in [3.05, 3.63) is 46.8 Å². The van der Waals surface area contributed by atoms with E-state index in [0.717, 1.165) is 42.5 Å². The third-order valence-electron chi connectivity index (χ3n) is 5.68. The lowest BCUT2D eigenvalue weighted by molar-refractivity contribution is 0.0244. The summed E-state index contributed by atoms with van der Waals surface area (Å²) in [5, 5.41) is 14.9. The Bertz CT molecular complexity index is 811. The van der Waals surface area contributed by atoms with Crippen molar-refractivity contribution < 1.29 is 9.90 Å². The molecule has 5 nitrogen and oxygen atoms in total. The first kappa shape index (κ1) is 16.3.